The Balaban J connectivity index is 1.67. The number of halogens is 2. The molecule has 1 atom stereocenters. The molecule has 1 saturated heterocycles. The summed E-state index contributed by atoms with van der Waals surface area (Å²) in [6.45, 7) is 0. The van der Waals surface area contributed by atoms with Crippen LogP contribution in [0.2, 0.25) is 5.02 Å². The Hall–Kier alpha value is -2.70. The van der Waals surface area contributed by atoms with E-state index in [4.69, 9.17) is 16.4 Å². The van der Waals surface area contributed by atoms with Crippen LogP contribution in [0.1, 0.15) is 12.0 Å². The molecule has 0 aliphatic carbocycles. The summed E-state index contributed by atoms with van der Waals surface area (Å²) in [5, 5.41) is 0.590. The molecule has 2 amide bonds. The zero-order chi connectivity index (χ0) is 17.6. The van der Waals surface area contributed by atoms with Gasteiger partial charge in [0, 0.05) is 5.02 Å². The molecule has 0 radical (unpaired) electrons. The number of nitrogens with one attached hydrogen (secondary N) is 1. The monoisotopic (exact) mass is 358 g/mol. The van der Waals surface area contributed by atoms with Crippen LogP contribution >= 0.6 is 11.6 Å². The quantitative estimate of drug-likeness (QED) is 0.838. The molecule has 7 heteroatoms. The molecule has 0 saturated carbocycles. The van der Waals surface area contributed by atoms with Crippen LogP contribution in [0, 0.1) is 5.82 Å². The van der Waals surface area contributed by atoms with Crippen molar-refractivity contribution in [2.75, 3.05) is 4.90 Å². The third-order valence-electron chi connectivity index (χ3n) is 4.19. The fourth-order valence-corrected chi connectivity index (χ4v) is 3.06. The fourth-order valence-electron chi connectivity index (χ4n) is 2.94. The maximum Gasteiger partial charge on any atom is 0.273 e. The number of hydrogen-bond donors (Lipinski definition) is 1. The minimum atomic E-state index is -1.40. The number of hydroxylamine groups is 1. The van der Waals surface area contributed by atoms with Crippen molar-refractivity contribution in [3.05, 3.63) is 71.0 Å². The number of carbonyl (C=O) groups is 2. The highest BCUT2D eigenvalue weighted by Gasteiger charge is 2.55. The summed E-state index contributed by atoms with van der Waals surface area (Å²) < 4.78 is 13.1. The molecule has 2 aromatic rings. The van der Waals surface area contributed by atoms with Gasteiger partial charge in [0.05, 0.1) is 17.8 Å². The highest BCUT2D eigenvalue weighted by Crippen LogP contribution is 2.38. The fraction of sp³-hybridized carbons (Fsp3) is 0.111. The Morgan fingerprint density at radius 2 is 1.76 bits per heavy atom. The molecule has 1 spiro atoms. The maximum atomic E-state index is 13.1. The number of carbonyl (C=O) groups excluding carboxylic acids is 2. The minimum Gasteiger partial charge on any atom is -0.274 e. The predicted octanol–water partition coefficient (Wildman–Crippen LogP) is 3.06. The average Bonchev–Trinajstić information content (AvgIpc) is 3.12. The van der Waals surface area contributed by atoms with Gasteiger partial charge in [0.15, 0.2) is 0 Å². The van der Waals surface area contributed by atoms with Crippen molar-refractivity contribution in [1.82, 2.24) is 5.48 Å². The lowest BCUT2D eigenvalue weighted by atomic mass is 9.99. The molecule has 0 bridgehead atoms. The summed E-state index contributed by atoms with van der Waals surface area (Å²) in [6, 6.07) is 12.2. The lowest BCUT2D eigenvalue weighted by Crippen LogP contribution is -2.40. The first-order valence-electron chi connectivity index (χ1n) is 7.54. The van der Waals surface area contributed by atoms with Gasteiger partial charge >= 0.3 is 0 Å². The van der Waals surface area contributed by atoms with Crippen LogP contribution in [0.15, 0.2) is 54.6 Å². The zero-order valence-electron chi connectivity index (χ0n) is 12.8. The third-order valence-corrected chi connectivity index (χ3v) is 4.44. The summed E-state index contributed by atoms with van der Waals surface area (Å²) in [7, 11) is 0. The van der Waals surface area contributed by atoms with Crippen molar-refractivity contribution in [2.45, 2.75) is 12.0 Å². The van der Waals surface area contributed by atoms with Gasteiger partial charge in [0.2, 0.25) is 11.5 Å². The standard InChI is InChI=1S/C18H12ClFN2O3/c19-12-3-1-11(2-4-12)15-9-18(25-21-15)10-16(23)22(17(18)24)14-7-5-13(20)6-8-14/h1-9,21H,10H2/t18-/m1/s1. The van der Waals surface area contributed by atoms with Crippen molar-refractivity contribution in [1.29, 1.82) is 0 Å². The van der Waals surface area contributed by atoms with E-state index in [1.54, 1.807) is 30.3 Å². The summed E-state index contributed by atoms with van der Waals surface area (Å²) >= 11 is 5.88. The summed E-state index contributed by atoms with van der Waals surface area (Å²) in [5.41, 5.74) is 2.99. The van der Waals surface area contributed by atoms with Gasteiger partial charge in [0.1, 0.15) is 5.82 Å². The van der Waals surface area contributed by atoms with E-state index in [9.17, 15) is 14.0 Å². The zero-order valence-corrected chi connectivity index (χ0v) is 13.6. The van der Waals surface area contributed by atoms with Crippen LogP contribution in [-0.2, 0) is 14.4 Å². The molecule has 0 aromatic heterocycles. The Bertz CT molecular complexity index is 896. The van der Waals surface area contributed by atoms with E-state index in [1.165, 1.54) is 24.3 Å². The van der Waals surface area contributed by atoms with Gasteiger partial charge in [-0.1, -0.05) is 23.7 Å². The highest BCUT2D eigenvalue weighted by atomic mass is 35.5. The van der Waals surface area contributed by atoms with Crippen molar-refractivity contribution in [2.24, 2.45) is 0 Å². The van der Waals surface area contributed by atoms with E-state index in [2.05, 4.69) is 5.48 Å². The number of hydrogen-bond acceptors (Lipinski definition) is 4. The van der Waals surface area contributed by atoms with Crippen LogP contribution < -0.4 is 10.4 Å². The number of anilines is 1. The predicted molar refractivity (Wildman–Crippen MR) is 89.9 cm³/mol. The van der Waals surface area contributed by atoms with Gasteiger partial charge in [-0.15, -0.1) is 0 Å². The molecule has 1 fully saturated rings. The largest absolute Gasteiger partial charge is 0.274 e. The smallest absolute Gasteiger partial charge is 0.273 e. The molecular weight excluding hydrogens is 347 g/mol. The van der Waals surface area contributed by atoms with Gasteiger partial charge in [-0.2, -0.15) is 0 Å². The van der Waals surface area contributed by atoms with Crippen LogP contribution in [0.25, 0.3) is 5.70 Å². The summed E-state index contributed by atoms with van der Waals surface area (Å²) in [4.78, 5) is 31.7. The normalized spacial score (nSPS) is 22.5. The van der Waals surface area contributed by atoms with E-state index in [-0.39, 0.29) is 6.42 Å². The average molecular weight is 359 g/mol. The number of imide groups is 1. The molecule has 1 N–H and O–H groups in total. The lowest BCUT2D eigenvalue weighted by molar-refractivity contribution is -0.136. The van der Waals surface area contributed by atoms with Crippen LogP contribution in [0.3, 0.4) is 0 Å². The Kier molecular flexibility index (Phi) is 3.59. The van der Waals surface area contributed by atoms with Gasteiger partial charge in [-0.05, 0) is 48.0 Å². The van der Waals surface area contributed by atoms with Gasteiger partial charge in [-0.3, -0.25) is 19.9 Å². The number of amides is 2. The van der Waals surface area contributed by atoms with Gasteiger partial charge in [0.25, 0.3) is 5.91 Å². The summed E-state index contributed by atoms with van der Waals surface area (Å²) in [6.07, 6.45) is 1.47. The Morgan fingerprint density at radius 1 is 1.08 bits per heavy atom. The van der Waals surface area contributed by atoms with E-state index in [0.717, 1.165) is 10.5 Å². The summed E-state index contributed by atoms with van der Waals surface area (Å²) in [5.74, 6) is -1.37. The minimum absolute atomic E-state index is 0.132. The van der Waals surface area contributed by atoms with Gasteiger partial charge in [-0.25, -0.2) is 9.29 Å². The second-order valence-corrected chi connectivity index (χ2v) is 6.28. The third kappa shape index (κ3) is 2.59. The van der Waals surface area contributed by atoms with Crippen LogP contribution in [0.4, 0.5) is 10.1 Å². The van der Waals surface area contributed by atoms with Crippen molar-refractivity contribution in [3.63, 3.8) is 0 Å². The lowest BCUT2D eigenvalue weighted by Gasteiger charge is -2.18. The molecule has 2 aromatic carbocycles. The molecule has 25 heavy (non-hydrogen) atoms. The molecular formula is C18H12ClFN2O3. The molecule has 4 rings (SSSR count). The molecule has 2 heterocycles. The SMILES string of the molecule is O=C1C[C@]2(C=C(c3ccc(Cl)cc3)NO2)C(=O)N1c1ccc(F)cc1. The molecule has 5 nitrogen and oxygen atoms in total. The molecule has 2 aliphatic rings. The van der Waals surface area contributed by atoms with Crippen molar-refractivity contribution in [3.8, 4) is 0 Å². The van der Waals surface area contributed by atoms with E-state index in [0.29, 0.717) is 16.4 Å². The second-order valence-electron chi connectivity index (χ2n) is 5.85. The van der Waals surface area contributed by atoms with Crippen LogP contribution in [0.5, 0.6) is 0 Å². The first-order valence-corrected chi connectivity index (χ1v) is 7.92. The number of rotatable bonds is 2. The topological polar surface area (TPSA) is 58.6 Å². The Labute approximate surface area is 147 Å². The van der Waals surface area contributed by atoms with E-state index >= 15 is 0 Å². The first kappa shape index (κ1) is 15.8. The second kappa shape index (κ2) is 5.68. The molecule has 0 unspecified atom stereocenters. The number of benzene rings is 2. The number of nitrogens with zero attached hydrogens (tertiary/aromatic N) is 1. The van der Waals surface area contributed by atoms with Crippen LogP contribution in [-0.4, -0.2) is 17.4 Å². The highest BCUT2D eigenvalue weighted by molar-refractivity contribution is 6.30. The maximum absolute atomic E-state index is 13.1. The van der Waals surface area contributed by atoms with Crippen molar-refractivity contribution < 1.29 is 18.8 Å². The van der Waals surface area contributed by atoms with E-state index < -0.39 is 23.2 Å². The van der Waals surface area contributed by atoms with Gasteiger partial charge < -0.3 is 0 Å². The van der Waals surface area contributed by atoms with Crippen molar-refractivity contribution >= 4 is 34.8 Å². The Morgan fingerprint density at radius 3 is 2.44 bits per heavy atom. The first-order chi connectivity index (χ1) is 12.0. The molecule has 2 aliphatic heterocycles. The van der Waals surface area contributed by atoms with E-state index in [1.807, 2.05) is 0 Å². The molecule has 126 valence electrons.